The Bertz CT molecular complexity index is 1150. The van der Waals surface area contributed by atoms with Crippen molar-refractivity contribution < 1.29 is 13.2 Å². The number of carbonyl (C=O) groups is 1. The molecule has 3 aromatic carbocycles. The second-order valence-corrected chi connectivity index (χ2v) is 8.55. The van der Waals surface area contributed by atoms with Crippen molar-refractivity contribution in [2.75, 3.05) is 10.0 Å². The van der Waals surface area contributed by atoms with Crippen molar-refractivity contribution in [3.63, 3.8) is 0 Å². The average molecular weight is 409 g/mol. The Morgan fingerprint density at radius 3 is 2.31 bits per heavy atom. The van der Waals surface area contributed by atoms with E-state index in [1.54, 1.807) is 24.3 Å². The fourth-order valence-electron chi connectivity index (χ4n) is 3.08. The Balaban J connectivity index is 1.88. The number of nitrogens with one attached hydrogen (secondary N) is 2. The summed E-state index contributed by atoms with van der Waals surface area (Å²) in [6.45, 7) is 5.78. The standard InChI is InChI=1S/C23H24N2O3S/c1-4-18-11-7-10-17(3)22(18)24-23(26)19-12-8-13-20(15-19)29(27,28)25-21-14-6-5-9-16(21)2/h5-15,25H,4H2,1-3H3,(H,24,26). The second kappa shape index (κ2) is 8.49. The van der Waals surface area contributed by atoms with Gasteiger partial charge >= 0.3 is 0 Å². The zero-order chi connectivity index (χ0) is 21.0. The highest BCUT2D eigenvalue weighted by Crippen LogP contribution is 2.23. The van der Waals surface area contributed by atoms with Crippen LogP contribution in [0.3, 0.4) is 0 Å². The molecule has 0 bridgehead atoms. The first-order valence-electron chi connectivity index (χ1n) is 9.40. The Morgan fingerprint density at radius 2 is 1.59 bits per heavy atom. The molecule has 0 radical (unpaired) electrons. The van der Waals surface area contributed by atoms with Crippen LogP contribution in [0.4, 0.5) is 11.4 Å². The number of rotatable bonds is 6. The van der Waals surface area contributed by atoms with Crippen LogP contribution >= 0.6 is 0 Å². The van der Waals surface area contributed by atoms with Crippen molar-refractivity contribution >= 4 is 27.3 Å². The molecule has 0 unspecified atom stereocenters. The van der Waals surface area contributed by atoms with E-state index in [0.717, 1.165) is 28.8 Å². The largest absolute Gasteiger partial charge is 0.321 e. The highest BCUT2D eigenvalue weighted by atomic mass is 32.2. The molecule has 0 atom stereocenters. The van der Waals surface area contributed by atoms with Gasteiger partial charge in [0.05, 0.1) is 10.6 Å². The van der Waals surface area contributed by atoms with E-state index in [1.807, 2.05) is 51.1 Å². The van der Waals surface area contributed by atoms with E-state index < -0.39 is 10.0 Å². The second-order valence-electron chi connectivity index (χ2n) is 6.86. The Morgan fingerprint density at radius 1 is 0.897 bits per heavy atom. The zero-order valence-corrected chi connectivity index (χ0v) is 17.5. The van der Waals surface area contributed by atoms with Gasteiger partial charge in [0.2, 0.25) is 0 Å². The van der Waals surface area contributed by atoms with Gasteiger partial charge in [-0.25, -0.2) is 8.42 Å². The van der Waals surface area contributed by atoms with Gasteiger partial charge in [-0.3, -0.25) is 9.52 Å². The molecule has 3 aromatic rings. The number of anilines is 2. The lowest BCUT2D eigenvalue weighted by atomic mass is 10.1. The normalized spacial score (nSPS) is 11.1. The zero-order valence-electron chi connectivity index (χ0n) is 16.7. The minimum Gasteiger partial charge on any atom is -0.321 e. The van der Waals surface area contributed by atoms with Crippen molar-refractivity contribution in [3.8, 4) is 0 Å². The van der Waals surface area contributed by atoms with E-state index in [1.165, 1.54) is 12.1 Å². The summed E-state index contributed by atoms with van der Waals surface area (Å²) in [5.74, 6) is -0.345. The average Bonchev–Trinajstić information content (AvgIpc) is 2.71. The number of sulfonamides is 1. The molecule has 0 aliphatic carbocycles. The number of benzene rings is 3. The minimum atomic E-state index is -3.82. The number of hydrogen-bond donors (Lipinski definition) is 2. The molecule has 1 amide bonds. The predicted octanol–water partition coefficient (Wildman–Crippen LogP) is 4.92. The van der Waals surface area contributed by atoms with E-state index >= 15 is 0 Å². The molecule has 5 nitrogen and oxygen atoms in total. The van der Waals surface area contributed by atoms with Gasteiger partial charge in [-0.15, -0.1) is 0 Å². The van der Waals surface area contributed by atoms with Crippen LogP contribution in [0.1, 0.15) is 34.0 Å². The van der Waals surface area contributed by atoms with Gasteiger partial charge in [0, 0.05) is 11.3 Å². The summed E-state index contributed by atoms with van der Waals surface area (Å²) in [4.78, 5) is 12.8. The lowest BCUT2D eigenvalue weighted by Crippen LogP contribution is -2.17. The summed E-state index contributed by atoms with van der Waals surface area (Å²) in [5, 5.41) is 2.93. The van der Waals surface area contributed by atoms with E-state index in [9.17, 15) is 13.2 Å². The van der Waals surface area contributed by atoms with Gasteiger partial charge < -0.3 is 5.32 Å². The maximum atomic E-state index is 12.8. The molecule has 0 spiro atoms. The predicted molar refractivity (Wildman–Crippen MR) is 117 cm³/mol. The van der Waals surface area contributed by atoms with Gasteiger partial charge in [-0.2, -0.15) is 0 Å². The van der Waals surface area contributed by atoms with Gasteiger partial charge in [-0.1, -0.05) is 49.4 Å². The third-order valence-electron chi connectivity index (χ3n) is 4.77. The fraction of sp³-hybridized carbons (Fsp3) is 0.174. The summed E-state index contributed by atoms with van der Waals surface area (Å²) < 4.78 is 28.2. The third kappa shape index (κ3) is 4.66. The van der Waals surface area contributed by atoms with Crippen LogP contribution in [0.25, 0.3) is 0 Å². The number of para-hydroxylation sites is 2. The van der Waals surface area contributed by atoms with Crippen LogP contribution in [-0.4, -0.2) is 14.3 Å². The lowest BCUT2D eigenvalue weighted by Gasteiger charge is -2.14. The quantitative estimate of drug-likeness (QED) is 0.608. The molecule has 0 heterocycles. The van der Waals surface area contributed by atoms with Crippen LogP contribution in [0, 0.1) is 13.8 Å². The van der Waals surface area contributed by atoms with E-state index in [-0.39, 0.29) is 16.4 Å². The monoisotopic (exact) mass is 408 g/mol. The molecule has 6 heteroatoms. The molecular weight excluding hydrogens is 384 g/mol. The fourth-order valence-corrected chi connectivity index (χ4v) is 4.26. The first kappa shape index (κ1) is 20.6. The van der Waals surface area contributed by atoms with Crippen LogP contribution < -0.4 is 10.0 Å². The molecule has 0 aliphatic rings. The van der Waals surface area contributed by atoms with Crippen LogP contribution in [0.15, 0.2) is 71.6 Å². The van der Waals surface area contributed by atoms with Crippen LogP contribution in [0.2, 0.25) is 0 Å². The highest BCUT2D eigenvalue weighted by Gasteiger charge is 2.18. The summed E-state index contributed by atoms with van der Waals surface area (Å²) in [5.41, 5.74) is 4.37. The maximum absolute atomic E-state index is 12.8. The molecule has 3 rings (SSSR count). The summed E-state index contributed by atoms with van der Waals surface area (Å²) in [7, 11) is -3.82. The lowest BCUT2D eigenvalue weighted by molar-refractivity contribution is 0.102. The number of carbonyl (C=O) groups excluding carboxylic acids is 1. The molecular formula is C23H24N2O3S. The van der Waals surface area contributed by atoms with Crippen molar-refractivity contribution in [1.29, 1.82) is 0 Å². The molecule has 0 fully saturated rings. The molecule has 0 saturated heterocycles. The Kier molecular flexibility index (Phi) is 6.03. The van der Waals surface area contributed by atoms with E-state index in [4.69, 9.17) is 0 Å². The molecule has 0 saturated carbocycles. The Hall–Kier alpha value is -3.12. The molecule has 0 aliphatic heterocycles. The SMILES string of the molecule is CCc1cccc(C)c1NC(=O)c1cccc(S(=O)(=O)Nc2ccccc2C)c1. The summed E-state index contributed by atoms with van der Waals surface area (Å²) in [6, 6.07) is 19.0. The minimum absolute atomic E-state index is 0.0360. The van der Waals surface area contributed by atoms with Gasteiger partial charge in [-0.05, 0) is 61.2 Å². The number of aryl methyl sites for hydroxylation is 3. The first-order chi connectivity index (χ1) is 13.8. The van der Waals surface area contributed by atoms with E-state index in [0.29, 0.717) is 5.69 Å². The van der Waals surface area contributed by atoms with Gasteiger partial charge in [0.1, 0.15) is 0 Å². The summed E-state index contributed by atoms with van der Waals surface area (Å²) in [6.07, 6.45) is 0.784. The number of hydrogen-bond acceptors (Lipinski definition) is 3. The van der Waals surface area contributed by atoms with Crippen molar-refractivity contribution in [2.24, 2.45) is 0 Å². The van der Waals surface area contributed by atoms with Crippen LogP contribution in [-0.2, 0) is 16.4 Å². The summed E-state index contributed by atoms with van der Waals surface area (Å²) >= 11 is 0. The molecule has 2 N–H and O–H groups in total. The molecule has 0 aromatic heterocycles. The van der Waals surface area contributed by atoms with Crippen LogP contribution in [0.5, 0.6) is 0 Å². The maximum Gasteiger partial charge on any atom is 0.261 e. The molecule has 150 valence electrons. The topological polar surface area (TPSA) is 75.3 Å². The van der Waals surface area contributed by atoms with Crippen molar-refractivity contribution in [3.05, 3.63) is 89.0 Å². The first-order valence-corrected chi connectivity index (χ1v) is 10.9. The van der Waals surface area contributed by atoms with Crippen molar-refractivity contribution in [1.82, 2.24) is 0 Å². The third-order valence-corrected chi connectivity index (χ3v) is 6.14. The number of amides is 1. The van der Waals surface area contributed by atoms with Gasteiger partial charge in [0.25, 0.3) is 15.9 Å². The van der Waals surface area contributed by atoms with Crippen molar-refractivity contribution in [2.45, 2.75) is 32.1 Å². The van der Waals surface area contributed by atoms with E-state index in [2.05, 4.69) is 10.0 Å². The van der Waals surface area contributed by atoms with Gasteiger partial charge in [0.15, 0.2) is 0 Å². The molecule has 29 heavy (non-hydrogen) atoms. The Labute approximate surface area is 171 Å². The smallest absolute Gasteiger partial charge is 0.261 e. The highest BCUT2D eigenvalue weighted by molar-refractivity contribution is 7.92.